The van der Waals surface area contributed by atoms with Crippen molar-refractivity contribution in [3.05, 3.63) is 48.0 Å². The smallest absolute Gasteiger partial charge is 0.408 e. The number of carbonyl (C=O) groups is 1. The molecule has 0 radical (unpaired) electrons. The Bertz CT molecular complexity index is 678. The van der Waals surface area contributed by atoms with Crippen molar-refractivity contribution in [3.63, 3.8) is 0 Å². The van der Waals surface area contributed by atoms with Crippen molar-refractivity contribution in [2.45, 2.75) is 38.5 Å². The van der Waals surface area contributed by atoms with E-state index < -0.39 is 30.4 Å². The van der Waals surface area contributed by atoms with Crippen molar-refractivity contribution >= 4 is 16.9 Å². The Morgan fingerprint density at radius 3 is 2.43 bits per heavy atom. The maximum absolute atomic E-state index is 12.0. The fourth-order valence-electron chi connectivity index (χ4n) is 2.34. The van der Waals surface area contributed by atoms with E-state index in [1.807, 2.05) is 42.5 Å². The summed E-state index contributed by atoms with van der Waals surface area (Å²) < 4.78 is 5.23. The number of benzene rings is 2. The topological polar surface area (TPSA) is 78.8 Å². The third-order valence-electron chi connectivity index (χ3n) is 3.38. The van der Waals surface area contributed by atoms with Crippen molar-refractivity contribution in [1.82, 2.24) is 5.32 Å². The Morgan fingerprint density at radius 1 is 1.17 bits per heavy atom. The number of hydrogen-bond donors (Lipinski definition) is 3. The Kier molecular flexibility index (Phi) is 5.23. The van der Waals surface area contributed by atoms with Gasteiger partial charge in [-0.05, 0) is 43.2 Å². The molecule has 124 valence electrons. The highest BCUT2D eigenvalue weighted by Gasteiger charge is 2.25. The Labute approximate surface area is 135 Å². The minimum absolute atomic E-state index is 0.465. The maximum atomic E-state index is 12.0. The van der Waals surface area contributed by atoms with Crippen LogP contribution in [-0.2, 0) is 4.74 Å². The van der Waals surface area contributed by atoms with E-state index in [9.17, 15) is 15.0 Å². The number of hydrogen-bond acceptors (Lipinski definition) is 4. The standard InChI is InChI=1S/C18H23NO4/c1-18(2,3)23-17(22)19-16(15(21)11-20)14-9-8-12-6-4-5-7-13(12)10-14/h4-10,15-16,20-21H,11H2,1-3H3,(H,19,22)/t15-,16-/m1/s1. The molecule has 0 bridgehead atoms. The average Bonchev–Trinajstić information content (AvgIpc) is 2.49. The van der Waals surface area contributed by atoms with E-state index in [1.165, 1.54) is 0 Å². The van der Waals surface area contributed by atoms with Crippen molar-refractivity contribution in [3.8, 4) is 0 Å². The van der Waals surface area contributed by atoms with Gasteiger partial charge in [0.15, 0.2) is 0 Å². The second kappa shape index (κ2) is 6.98. The zero-order valence-electron chi connectivity index (χ0n) is 13.6. The second-order valence-electron chi connectivity index (χ2n) is 6.48. The van der Waals surface area contributed by atoms with Gasteiger partial charge in [-0.15, -0.1) is 0 Å². The molecule has 2 aromatic rings. The Morgan fingerprint density at radius 2 is 1.83 bits per heavy atom. The zero-order valence-corrected chi connectivity index (χ0v) is 13.6. The summed E-state index contributed by atoms with van der Waals surface area (Å²) in [5.74, 6) is 0. The molecule has 5 heteroatoms. The molecule has 23 heavy (non-hydrogen) atoms. The van der Waals surface area contributed by atoms with Gasteiger partial charge in [-0.3, -0.25) is 0 Å². The van der Waals surface area contributed by atoms with Gasteiger partial charge in [0.2, 0.25) is 0 Å². The van der Waals surface area contributed by atoms with E-state index in [-0.39, 0.29) is 0 Å². The van der Waals surface area contributed by atoms with Crippen LogP contribution < -0.4 is 5.32 Å². The number of carbonyl (C=O) groups excluding carboxylic acids is 1. The van der Waals surface area contributed by atoms with Gasteiger partial charge in [0.05, 0.1) is 12.6 Å². The van der Waals surface area contributed by atoms with Crippen molar-refractivity contribution < 1.29 is 19.7 Å². The van der Waals surface area contributed by atoms with E-state index in [0.29, 0.717) is 5.56 Å². The number of aliphatic hydroxyl groups is 2. The van der Waals surface area contributed by atoms with Crippen LogP contribution in [0.1, 0.15) is 32.4 Å². The van der Waals surface area contributed by atoms with Crippen molar-refractivity contribution in [2.24, 2.45) is 0 Å². The zero-order chi connectivity index (χ0) is 17.0. The van der Waals surface area contributed by atoms with E-state index in [1.54, 1.807) is 20.8 Å². The molecule has 0 fully saturated rings. The quantitative estimate of drug-likeness (QED) is 0.810. The number of amides is 1. The minimum Gasteiger partial charge on any atom is -0.444 e. The number of aliphatic hydroxyl groups excluding tert-OH is 2. The monoisotopic (exact) mass is 317 g/mol. The van der Waals surface area contributed by atoms with Crippen molar-refractivity contribution in [1.29, 1.82) is 0 Å². The summed E-state index contributed by atoms with van der Waals surface area (Å²) in [6.45, 7) is 4.83. The summed E-state index contributed by atoms with van der Waals surface area (Å²) in [4.78, 5) is 12.0. The van der Waals surface area contributed by atoms with Gasteiger partial charge in [0.1, 0.15) is 11.7 Å². The Balaban J connectivity index is 2.28. The van der Waals surface area contributed by atoms with Gasteiger partial charge in [-0.2, -0.15) is 0 Å². The number of rotatable bonds is 4. The number of alkyl carbamates (subject to hydrolysis) is 1. The number of ether oxygens (including phenoxy) is 1. The molecule has 0 aliphatic carbocycles. The van der Waals surface area contributed by atoms with Crippen LogP contribution >= 0.6 is 0 Å². The summed E-state index contributed by atoms with van der Waals surface area (Å²) in [5, 5.41) is 24.0. The van der Waals surface area contributed by atoms with Crippen LogP contribution in [0, 0.1) is 0 Å². The second-order valence-corrected chi connectivity index (χ2v) is 6.48. The lowest BCUT2D eigenvalue weighted by Gasteiger charge is -2.26. The first kappa shape index (κ1) is 17.2. The molecule has 3 N–H and O–H groups in total. The molecule has 2 aromatic carbocycles. The molecule has 5 nitrogen and oxygen atoms in total. The molecule has 0 unspecified atom stereocenters. The number of fused-ring (bicyclic) bond motifs is 1. The molecule has 2 rings (SSSR count). The van der Waals surface area contributed by atoms with Gasteiger partial charge >= 0.3 is 6.09 Å². The van der Waals surface area contributed by atoms with E-state index in [0.717, 1.165) is 10.8 Å². The normalized spacial score (nSPS) is 14.3. The van der Waals surface area contributed by atoms with Gasteiger partial charge in [-0.1, -0.05) is 36.4 Å². The van der Waals surface area contributed by atoms with Gasteiger partial charge < -0.3 is 20.3 Å². The molecule has 0 saturated heterocycles. The molecule has 0 aromatic heterocycles. The van der Waals surface area contributed by atoms with Crippen LogP contribution in [0.15, 0.2) is 42.5 Å². The third-order valence-corrected chi connectivity index (χ3v) is 3.38. The minimum atomic E-state index is -1.12. The molecule has 0 spiro atoms. The van der Waals surface area contributed by atoms with Gasteiger partial charge in [-0.25, -0.2) is 4.79 Å². The first-order valence-electron chi connectivity index (χ1n) is 7.57. The highest BCUT2D eigenvalue weighted by Crippen LogP contribution is 2.23. The first-order valence-corrected chi connectivity index (χ1v) is 7.57. The number of nitrogens with one attached hydrogen (secondary N) is 1. The van der Waals surface area contributed by atoms with Crippen molar-refractivity contribution in [2.75, 3.05) is 6.61 Å². The lowest BCUT2D eigenvalue weighted by molar-refractivity contribution is 0.0316. The van der Waals surface area contributed by atoms with Crippen LogP contribution in [0.4, 0.5) is 4.79 Å². The van der Waals surface area contributed by atoms with Gasteiger partial charge in [0, 0.05) is 0 Å². The van der Waals surface area contributed by atoms with E-state index in [4.69, 9.17) is 4.74 Å². The third kappa shape index (κ3) is 4.68. The summed E-state index contributed by atoms with van der Waals surface area (Å²) in [6, 6.07) is 12.7. The van der Waals surface area contributed by atoms with E-state index >= 15 is 0 Å². The summed E-state index contributed by atoms with van der Waals surface area (Å²) in [6.07, 6.45) is -1.76. The van der Waals surface area contributed by atoms with Crippen LogP contribution in [0.3, 0.4) is 0 Å². The molecule has 0 saturated carbocycles. The Hall–Kier alpha value is -2.11. The molecule has 2 atom stereocenters. The molecule has 0 aliphatic rings. The highest BCUT2D eigenvalue weighted by atomic mass is 16.6. The van der Waals surface area contributed by atoms with Crippen LogP contribution in [0.2, 0.25) is 0 Å². The summed E-state index contributed by atoms with van der Waals surface area (Å²) >= 11 is 0. The van der Waals surface area contributed by atoms with Crippen LogP contribution in [0.25, 0.3) is 10.8 Å². The predicted octanol–water partition coefficient (Wildman–Crippen LogP) is 2.76. The lowest BCUT2D eigenvalue weighted by Crippen LogP contribution is -2.40. The highest BCUT2D eigenvalue weighted by molar-refractivity contribution is 5.83. The molecule has 0 aliphatic heterocycles. The maximum Gasteiger partial charge on any atom is 0.408 e. The van der Waals surface area contributed by atoms with Gasteiger partial charge in [0.25, 0.3) is 0 Å². The molecular formula is C18H23NO4. The predicted molar refractivity (Wildman–Crippen MR) is 89.2 cm³/mol. The summed E-state index contributed by atoms with van der Waals surface area (Å²) in [7, 11) is 0. The first-order chi connectivity index (χ1) is 10.8. The molecule has 1 amide bonds. The van der Waals surface area contributed by atoms with Crippen LogP contribution in [0.5, 0.6) is 0 Å². The molecular weight excluding hydrogens is 294 g/mol. The molecule has 0 heterocycles. The fraction of sp³-hybridized carbons (Fsp3) is 0.389. The fourth-order valence-corrected chi connectivity index (χ4v) is 2.34. The summed E-state index contributed by atoms with van der Waals surface area (Å²) in [5.41, 5.74) is 0.0680. The largest absolute Gasteiger partial charge is 0.444 e. The van der Waals surface area contributed by atoms with E-state index in [2.05, 4.69) is 5.32 Å². The van der Waals surface area contributed by atoms with Crippen LogP contribution in [-0.4, -0.2) is 34.6 Å². The SMILES string of the molecule is CC(C)(C)OC(=O)N[C@H](c1ccc2ccccc2c1)[C@H](O)CO. The lowest BCUT2D eigenvalue weighted by atomic mass is 9.98. The average molecular weight is 317 g/mol.